The topological polar surface area (TPSA) is 138 Å². The molecule has 1 aromatic heterocycles. The second-order valence-electron chi connectivity index (χ2n) is 7.88. The third-order valence-corrected chi connectivity index (χ3v) is 5.57. The molecule has 4 rings (SSSR count). The maximum Gasteiger partial charge on any atom is 0.338 e. The fourth-order valence-corrected chi connectivity index (χ4v) is 4.03. The van der Waals surface area contributed by atoms with Crippen LogP contribution in [0.5, 0.6) is 5.75 Å². The molecule has 11 heteroatoms. The number of carbonyl (C=O) groups excluding carboxylic acids is 2. The van der Waals surface area contributed by atoms with Gasteiger partial charge in [-0.25, -0.2) is 14.3 Å². The van der Waals surface area contributed by atoms with Gasteiger partial charge in [0.15, 0.2) is 5.75 Å². The lowest BCUT2D eigenvalue weighted by atomic mass is 9.93. The molecule has 0 spiro atoms. The number of nitrogens with zero attached hydrogens (tertiary/aromatic N) is 3. The molecule has 0 saturated carbocycles. The fraction of sp³-hybridized carbons (Fsp3) is 0.240. The highest BCUT2D eigenvalue weighted by Crippen LogP contribution is 2.38. The normalized spacial score (nSPS) is 15.2. The Hall–Kier alpha value is -4.67. The molecule has 2 N–H and O–H groups in total. The minimum atomic E-state index is -0.907. The highest BCUT2D eigenvalue weighted by Gasteiger charge is 2.35. The first-order valence-electron chi connectivity index (χ1n) is 11.4. The maximum absolute atomic E-state index is 12.9. The van der Waals surface area contributed by atoms with E-state index in [-0.39, 0.29) is 30.2 Å². The van der Waals surface area contributed by atoms with Crippen molar-refractivity contribution in [2.75, 3.05) is 13.2 Å². The number of nitro benzene ring substituents is 1. The van der Waals surface area contributed by atoms with E-state index in [1.54, 1.807) is 37.7 Å². The van der Waals surface area contributed by atoms with E-state index in [1.807, 2.05) is 30.3 Å². The van der Waals surface area contributed by atoms with Gasteiger partial charge in [-0.3, -0.25) is 10.1 Å². The average Bonchev–Trinajstić information content (AvgIpc) is 3.30. The Kier molecular flexibility index (Phi) is 7.00. The van der Waals surface area contributed by atoms with E-state index >= 15 is 0 Å². The van der Waals surface area contributed by atoms with Crippen LogP contribution in [0.3, 0.4) is 0 Å². The standard InChI is InChI=1S/C25H25N5O6/c1-4-35-20-12-11-16(13-19(20)30(33)34)22-18(14-29(28-22)17-9-7-6-8-10-17)23-21(24(31)36-5-2)15(3)26-25(32)27-23/h6-14,23H,4-5H2,1-3H3,(H2,26,27,32). The van der Waals surface area contributed by atoms with Crippen molar-refractivity contribution in [3.8, 4) is 22.7 Å². The summed E-state index contributed by atoms with van der Waals surface area (Å²) in [5.74, 6) is -0.461. The molecule has 0 bridgehead atoms. The molecule has 1 atom stereocenters. The first-order valence-corrected chi connectivity index (χ1v) is 11.4. The number of amides is 2. The molecule has 186 valence electrons. The van der Waals surface area contributed by atoms with Gasteiger partial charge in [-0.15, -0.1) is 0 Å². The summed E-state index contributed by atoms with van der Waals surface area (Å²) in [5.41, 5.74) is 2.30. The Morgan fingerprint density at radius 1 is 1.17 bits per heavy atom. The number of urea groups is 1. The molecule has 1 aliphatic heterocycles. The molecule has 0 saturated heterocycles. The van der Waals surface area contributed by atoms with Crippen LogP contribution in [0.2, 0.25) is 0 Å². The second kappa shape index (κ2) is 10.3. The van der Waals surface area contributed by atoms with Crippen molar-refractivity contribution in [3.63, 3.8) is 0 Å². The Morgan fingerprint density at radius 2 is 1.92 bits per heavy atom. The Bertz CT molecular complexity index is 1350. The van der Waals surface area contributed by atoms with Gasteiger partial charge in [0.25, 0.3) is 0 Å². The van der Waals surface area contributed by atoms with Gasteiger partial charge in [0.05, 0.1) is 41.1 Å². The van der Waals surface area contributed by atoms with Crippen LogP contribution in [0.15, 0.2) is 66.0 Å². The number of esters is 1. The molecule has 11 nitrogen and oxygen atoms in total. The second-order valence-corrected chi connectivity index (χ2v) is 7.88. The van der Waals surface area contributed by atoms with Crippen LogP contribution in [-0.4, -0.2) is 39.9 Å². The number of ether oxygens (including phenoxy) is 2. The smallest absolute Gasteiger partial charge is 0.338 e. The minimum absolute atomic E-state index is 0.133. The monoisotopic (exact) mass is 491 g/mol. The summed E-state index contributed by atoms with van der Waals surface area (Å²) in [6.45, 7) is 5.46. The van der Waals surface area contributed by atoms with Crippen molar-refractivity contribution in [1.82, 2.24) is 20.4 Å². The van der Waals surface area contributed by atoms with Crippen LogP contribution in [0.25, 0.3) is 16.9 Å². The van der Waals surface area contributed by atoms with Crippen LogP contribution >= 0.6 is 0 Å². The van der Waals surface area contributed by atoms with Crippen molar-refractivity contribution in [3.05, 3.63) is 81.7 Å². The summed E-state index contributed by atoms with van der Waals surface area (Å²) in [5, 5.41) is 21.8. The van der Waals surface area contributed by atoms with Gasteiger partial charge < -0.3 is 20.1 Å². The lowest BCUT2D eigenvalue weighted by Crippen LogP contribution is -2.45. The third-order valence-electron chi connectivity index (χ3n) is 5.57. The van der Waals surface area contributed by atoms with Crippen molar-refractivity contribution in [2.45, 2.75) is 26.8 Å². The predicted molar refractivity (Wildman–Crippen MR) is 131 cm³/mol. The third kappa shape index (κ3) is 4.76. The van der Waals surface area contributed by atoms with Crippen molar-refractivity contribution in [1.29, 1.82) is 0 Å². The predicted octanol–water partition coefficient (Wildman–Crippen LogP) is 4.04. The van der Waals surface area contributed by atoms with Crippen LogP contribution in [0.4, 0.5) is 10.5 Å². The molecule has 3 aromatic rings. The Morgan fingerprint density at radius 3 is 2.58 bits per heavy atom. The first-order chi connectivity index (χ1) is 17.3. The molecule has 0 radical (unpaired) electrons. The Labute approximate surface area is 206 Å². The molecule has 2 aromatic carbocycles. The number of para-hydroxylation sites is 1. The highest BCUT2D eigenvalue weighted by molar-refractivity contribution is 5.95. The fourth-order valence-electron chi connectivity index (χ4n) is 4.03. The van der Waals surface area contributed by atoms with Gasteiger partial charge in [0.2, 0.25) is 0 Å². The van der Waals surface area contributed by atoms with E-state index in [2.05, 4.69) is 10.6 Å². The number of rotatable bonds is 8. The number of hydrogen-bond donors (Lipinski definition) is 2. The van der Waals surface area contributed by atoms with E-state index in [9.17, 15) is 19.7 Å². The molecule has 2 amide bonds. The van der Waals surface area contributed by atoms with Gasteiger partial charge in [-0.2, -0.15) is 5.10 Å². The molecule has 1 unspecified atom stereocenters. The zero-order valence-corrected chi connectivity index (χ0v) is 20.0. The maximum atomic E-state index is 12.9. The van der Waals surface area contributed by atoms with Crippen LogP contribution in [0, 0.1) is 10.1 Å². The lowest BCUT2D eigenvalue weighted by Gasteiger charge is -2.27. The summed E-state index contributed by atoms with van der Waals surface area (Å²) in [7, 11) is 0. The van der Waals surface area contributed by atoms with Crippen LogP contribution < -0.4 is 15.4 Å². The first kappa shape index (κ1) is 24.5. The molecular weight excluding hydrogens is 466 g/mol. The number of aromatic nitrogens is 2. The van der Waals surface area contributed by atoms with Crippen LogP contribution in [-0.2, 0) is 9.53 Å². The van der Waals surface area contributed by atoms with E-state index in [4.69, 9.17) is 14.6 Å². The zero-order chi connectivity index (χ0) is 25.8. The van der Waals surface area contributed by atoms with E-state index in [0.29, 0.717) is 22.5 Å². The largest absolute Gasteiger partial charge is 0.487 e. The number of carbonyl (C=O) groups is 2. The van der Waals surface area contributed by atoms with E-state index in [0.717, 1.165) is 5.69 Å². The molecular formula is C25H25N5O6. The van der Waals surface area contributed by atoms with Gasteiger partial charge in [0.1, 0.15) is 0 Å². The SMILES string of the molecule is CCOC(=O)C1=C(C)NC(=O)NC1c1cn(-c2ccccc2)nc1-c1ccc(OCC)c([N+](=O)[O-])c1. The molecule has 0 aliphatic carbocycles. The molecule has 1 aliphatic rings. The number of nitro groups is 1. The van der Waals surface area contributed by atoms with Crippen molar-refractivity contribution < 1.29 is 24.0 Å². The molecule has 0 fully saturated rings. The summed E-state index contributed by atoms with van der Waals surface area (Å²) < 4.78 is 12.3. The van der Waals surface area contributed by atoms with Crippen molar-refractivity contribution >= 4 is 17.7 Å². The van der Waals surface area contributed by atoms with E-state index in [1.165, 1.54) is 12.1 Å². The zero-order valence-electron chi connectivity index (χ0n) is 20.0. The van der Waals surface area contributed by atoms with Gasteiger partial charge in [-0.05, 0) is 45.0 Å². The minimum Gasteiger partial charge on any atom is -0.487 e. The summed E-state index contributed by atoms with van der Waals surface area (Å²) >= 11 is 0. The molecule has 36 heavy (non-hydrogen) atoms. The Balaban J connectivity index is 1.93. The van der Waals surface area contributed by atoms with Gasteiger partial charge >= 0.3 is 17.7 Å². The van der Waals surface area contributed by atoms with Crippen molar-refractivity contribution in [2.24, 2.45) is 0 Å². The number of hydrogen-bond acceptors (Lipinski definition) is 7. The van der Waals surface area contributed by atoms with Gasteiger partial charge in [0, 0.05) is 29.1 Å². The van der Waals surface area contributed by atoms with Gasteiger partial charge in [-0.1, -0.05) is 18.2 Å². The summed E-state index contributed by atoms with van der Waals surface area (Å²) in [6, 6.07) is 12.4. The number of benzene rings is 2. The number of nitrogens with one attached hydrogen (secondary N) is 2. The molecule has 2 heterocycles. The quantitative estimate of drug-likeness (QED) is 0.276. The summed E-state index contributed by atoms with van der Waals surface area (Å²) in [4.78, 5) is 36.5. The highest BCUT2D eigenvalue weighted by atomic mass is 16.6. The lowest BCUT2D eigenvalue weighted by molar-refractivity contribution is -0.385. The summed E-state index contributed by atoms with van der Waals surface area (Å²) in [6.07, 6.45) is 1.69. The average molecular weight is 492 g/mol. The van der Waals surface area contributed by atoms with Crippen LogP contribution in [0.1, 0.15) is 32.4 Å². The van der Waals surface area contributed by atoms with E-state index < -0.39 is 23.0 Å². The number of allylic oxidation sites excluding steroid dienone is 1.